The third-order valence-corrected chi connectivity index (χ3v) is 3.73. The number of halogens is 1. The molecule has 0 saturated heterocycles. The maximum Gasteiger partial charge on any atom is 0.127 e. The number of fused-ring (bicyclic) bond motifs is 1. The monoisotopic (exact) mass is 311 g/mol. The maximum atomic E-state index is 5.72. The molecule has 0 radical (unpaired) electrons. The van der Waals surface area contributed by atoms with Crippen molar-refractivity contribution in [2.75, 3.05) is 13.2 Å². The summed E-state index contributed by atoms with van der Waals surface area (Å²) in [5.74, 6) is 1.90. The topological polar surface area (TPSA) is 21.3 Å². The van der Waals surface area contributed by atoms with Gasteiger partial charge in [-0.3, -0.25) is 0 Å². The molecule has 1 heterocycles. The molecule has 2 nitrogen and oxygen atoms in total. The summed E-state index contributed by atoms with van der Waals surface area (Å²) < 4.78 is 6.88. The van der Waals surface area contributed by atoms with Crippen molar-refractivity contribution < 1.29 is 4.74 Å². The smallest absolute Gasteiger partial charge is 0.127 e. The number of hydrogen-bond donors (Lipinski definition) is 1. The molecule has 0 saturated carbocycles. The van der Waals surface area contributed by atoms with Gasteiger partial charge in [-0.25, -0.2) is 0 Å². The van der Waals surface area contributed by atoms with E-state index in [2.05, 4.69) is 47.2 Å². The van der Waals surface area contributed by atoms with Crippen molar-refractivity contribution in [3.8, 4) is 5.75 Å². The van der Waals surface area contributed by atoms with Gasteiger partial charge in [-0.05, 0) is 43.0 Å². The van der Waals surface area contributed by atoms with Gasteiger partial charge in [-0.2, -0.15) is 0 Å². The minimum Gasteiger partial charge on any atom is -0.493 e. The van der Waals surface area contributed by atoms with Crippen molar-refractivity contribution in [3.05, 3.63) is 27.7 Å². The van der Waals surface area contributed by atoms with E-state index in [4.69, 9.17) is 4.74 Å². The van der Waals surface area contributed by atoms with Crippen LogP contribution >= 0.6 is 15.9 Å². The summed E-state index contributed by atoms with van der Waals surface area (Å²) in [6.07, 6.45) is 3.57. The molecule has 0 spiro atoms. The van der Waals surface area contributed by atoms with Crippen LogP contribution in [0.1, 0.15) is 37.8 Å². The summed E-state index contributed by atoms with van der Waals surface area (Å²) in [7, 11) is 0. The van der Waals surface area contributed by atoms with Crippen LogP contribution in [0, 0.1) is 5.92 Å². The minimum atomic E-state index is 0.797. The molecule has 0 aromatic heterocycles. The standard InChI is InChI=1S/C15H22BrNO/c1-11(2)4-3-6-17-10-13-9-14(16)8-12-5-7-18-15(12)13/h8-9,11,17H,3-7,10H2,1-2H3. The van der Waals surface area contributed by atoms with Gasteiger partial charge in [0.05, 0.1) is 6.61 Å². The van der Waals surface area contributed by atoms with E-state index in [-0.39, 0.29) is 0 Å². The minimum absolute atomic E-state index is 0.797. The lowest BCUT2D eigenvalue weighted by molar-refractivity contribution is 0.352. The zero-order valence-electron chi connectivity index (χ0n) is 11.3. The quantitative estimate of drug-likeness (QED) is 0.804. The van der Waals surface area contributed by atoms with Crippen LogP contribution in [0.15, 0.2) is 16.6 Å². The Morgan fingerprint density at radius 3 is 3.00 bits per heavy atom. The Labute approximate surface area is 118 Å². The highest BCUT2D eigenvalue weighted by atomic mass is 79.9. The van der Waals surface area contributed by atoms with Crippen molar-refractivity contribution in [2.24, 2.45) is 5.92 Å². The Morgan fingerprint density at radius 2 is 2.22 bits per heavy atom. The van der Waals surface area contributed by atoms with E-state index in [0.29, 0.717) is 0 Å². The number of hydrogen-bond acceptors (Lipinski definition) is 2. The second kappa shape index (κ2) is 6.58. The normalized spacial score (nSPS) is 13.8. The van der Waals surface area contributed by atoms with Crippen LogP contribution < -0.4 is 10.1 Å². The molecule has 1 aromatic rings. The SMILES string of the molecule is CC(C)CCCNCc1cc(Br)cc2c1OCC2. The van der Waals surface area contributed by atoms with Gasteiger partial charge in [0.25, 0.3) is 0 Å². The van der Waals surface area contributed by atoms with E-state index in [1.54, 1.807) is 0 Å². The fourth-order valence-corrected chi connectivity index (χ4v) is 2.89. The highest BCUT2D eigenvalue weighted by Crippen LogP contribution is 2.32. The third kappa shape index (κ3) is 3.72. The van der Waals surface area contributed by atoms with E-state index >= 15 is 0 Å². The summed E-state index contributed by atoms with van der Waals surface area (Å²) in [6.45, 7) is 7.36. The molecule has 0 aliphatic carbocycles. The molecule has 1 aromatic carbocycles. The van der Waals surface area contributed by atoms with E-state index in [1.807, 2.05) is 0 Å². The van der Waals surface area contributed by atoms with Crippen molar-refractivity contribution in [2.45, 2.75) is 39.7 Å². The highest BCUT2D eigenvalue weighted by molar-refractivity contribution is 9.10. The van der Waals surface area contributed by atoms with Gasteiger partial charge in [0.15, 0.2) is 0 Å². The van der Waals surface area contributed by atoms with Gasteiger partial charge in [-0.1, -0.05) is 29.8 Å². The zero-order valence-corrected chi connectivity index (χ0v) is 12.8. The van der Waals surface area contributed by atoms with Crippen LogP contribution in [0.2, 0.25) is 0 Å². The van der Waals surface area contributed by atoms with Crippen molar-refractivity contribution in [1.82, 2.24) is 5.32 Å². The van der Waals surface area contributed by atoms with Crippen LogP contribution in [-0.2, 0) is 13.0 Å². The maximum absolute atomic E-state index is 5.72. The Bertz CT molecular complexity index is 404. The Balaban J connectivity index is 1.86. The molecule has 100 valence electrons. The van der Waals surface area contributed by atoms with Crippen molar-refractivity contribution in [1.29, 1.82) is 0 Å². The second-order valence-corrected chi connectivity index (χ2v) is 6.28. The van der Waals surface area contributed by atoms with Crippen LogP contribution in [0.25, 0.3) is 0 Å². The predicted molar refractivity (Wildman–Crippen MR) is 79.1 cm³/mol. The Kier molecular flexibility index (Phi) is 5.07. The zero-order chi connectivity index (χ0) is 13.0. The third-order valence-electron chi connectivity index (χ3n) is 3.28. The molecule has 0 unspecified atom stereocenters. The number of benzene rings is 1. The van der Waals surface area contributed by atoms with E-state index < -0.39 is 0 Å². The fourth-order valence-electron chi connectivity index (χ4n) is 2.34. The number of ether oxygens (including phenoxy) is 1. The molecule has 3 heteroatoms. The predicted octanol–water partition coefficient (Wildman–Crippen LogP) is 3.91. The Morgan fingerprint density at radius 1 is 1.39 bits per heavy atom. The summed E-state index contributed by atoms with van der Waals surface area (Å²) >= 11 is 3.57. The van der Waals surface area contributed by atoms with Gasteiger partial charge >= 0.3 is 0 Å². The van der Waals surface area contributed by atoms with Crippen molar-refractivity contribution in [3.63, 3.8) is 0 Å². The van der Waals surface area contributed by atoms with Crippen LogP contribution in [-0.4, -0.2) is 13.2 Å². The molecule has 18 heavy (non-hydrogen) atoms. The van der Waals surface area contributed by atoms with Gasteiger partial charge < -0.3 is 10.1 Å². The first-order valence-corrected chi connectivity index (χ1v) is 7.61. The summed E-state index contributed by atoms with van der Waals surface area (Å²) in [6, 6.07) is 4.34. The lowest BCUT2D eigenvalue weighted by atomic mass is 10.1. The van der Waals surface area contributed by atoms with Crippen LogP contribution in [0.5, 0.6) is 5.75 Å². The van der Waals surface area contributed by atoms with Crippen LogP contribution in [0.3, 0.4) is 0 Å². The molecule has 1 aliphatic rings. The first-order chi connectivity index (χ1) is 8.66. The fraction of sp³-hybridized carbons (Fsp3) is 0.600. The molecule has 1 N–H and O–H groups in total. The van der Waals surface area contributed by atoms with Gasteiger partial charge in [0.2, 0.25) is 0 Å². The lowest BCUT2D eigenvalue weighted by Gasteiger charge is -2.11. The highest BCUT2D eigenvalue weighted by Gasteiger charge is 2.16. The summed E-state index contributed by atoms with van der Waals surface area (Å²) in [4.78, 5) is 0. The molecule has 0 bridgehead atoms. The lowest BCUT2D eigenvalue weighted by Crippen LogP contribution is -2.15. The molecular weight excluding hydrogens is 290 g/mol. The van der Waals surface area contributed by atoms with Crippen molar-refractivity contribution >= 4 is 15.9 Å². The largest absolute Gasteiger partial charge is 0.493 e. The average molecular weight is 312 g/mol. The summed E-state index contributed by atoms with van der Waals surface area (Å²) in [5.41, 5.74) is 2.62. The van der Waals surface area contributed by atoms with Gasteiger partial charge in [-0.15, -0.1) is 0 Å². The summed E-state index contributed by atoms with van der Waals surface area (Å²) in [5, 5.41) is 3.51. The molecule has 0 amide bonds. The average Bonchev–Trinajstić information content (AvgIpc) is 2.75. The molecular formula is C15H22BrNO. The number of rotatable bonds is 6. The molecule has 2 rings (SSSR count). The first kappa shape index (κ1) is 13.9. The number of nitrogens with one attached hydrogen (secondary N) is 1. The van der Waals surface area contributed by atoms with Crippen LogP contribution in [0.4, 0.5) is 0 Å². The van der Waals surface area contributed by atoms with E-state index in [9.17, 15) is 0 Å². The van der Waals surface area contributed by atoms with E-state index in [1.165, 1.54) is 24.0 Å². The van der Waals surface area contributed by atoms with E-state index in [0.717, 1.165) is 42.3 Å². The first-order valence-electron chi connectivity index (χ1n) is 6.81. The van der Waals surface area contributed by atoms with Gasteiger partial charge in [0.1, 0.15) is 5.75 Å². The van der Waals surface area contributed by atoms with Gasteiger partial charge in [0, 0.05) is 23.0 Å². The Hall–Kier alpha value is -0.540. The molecule has 1 aliphatic heterocycles. The molecule has 0 atom stereocenters. The second-order valence-electron chi connectivity index (χ2n) is 5.36. The molecule has 0 fully saturated rings.